The summed E-state index contributed by atoms with van der Waals surface area (Å²) in [7, 11) is 3.52. The van der Waals surface area contributed by atoms with Gasteiger partial charge in [-0.1, -0.05) is 0 Å². The lowest BCUT2D eigenvalue weighted by Crippen LogP contribution is -1.92. The van der Waals surface area contributed by atoms with E-state index in [-0.39, 0.29) is 0 Å². The van der Waals surface area contributed by atoms with Gasteiger partial charge in [-0.15, -0.1) is 22.8 Å². The summed E-state index contributed by atoms with van der Waals surface area (Å²) in [6.07, 6.45) is 1.67. The van der Waals surface area contributed by atoms with Crippen molar-refractivity contribution >= 4 is 12.6 Å². The number of rotatable bonds is 1. The average molecular weight is 196 g/mol. The molecule has 0 bridgehead atoms. The quantitative estimate of drug-likeness (QED) is 0.647. The van der Waals surface area contributed by atoms with Crippen molar-refractivity contribution in [2.45, 2.75) is 5.03 Å². The van der Waals surface area contributed by atoms with Gasteiger partial charge in [0, 0.05) is 7.05 Å². The SMILES string of the molecule is Cn1nnc(-c2cnn(C)c2S)n1. The van der Waals surface area contributed by atoms with Gasteiger partial charge in [-0.3, -0.25) is 4.68 Å². The zero-order chi connectivity index (χ0) is 9.42. The monoisotopic (exact) mass is 196 g/mol. The number of thiol groups is 1. The van der Waals surface area contributed by atoms with Crippen molar-refractivity contribution in [3.63, 3.8) is 0 Å². The second-order valence-corrected chi connectivity index (χ2v) is 3.03. The molecular formula is C6H8N6S. The second-order valence-electron chi connectivity index (χ2n) is 2.61. The van der Waals surface area contributed by atoms with Gasteiger partial charge in [0.2, 0.25) is 5.82 Å². The number of aromatic nitrogens is 6. The molecule has 68 valence electrons. The minimum Gasteiger partial charge on any atom is -0.262 e. The number of tetrazole rings is 1. The van der Waals surface area contributed by atoms with Crippen LogP contribution < -0.4 is 0 Å². The van der Waals surface area contributed by atoms with Gasteiger partial charge in [0.05, 0.1) is 18.8 Å². The minimum atomic E-state index is 0.542. The van der Waals surface area contributed by atoms with E-state index in [1.807, 2.05) is 7.05 Å². The summed E-state index contributed by atoms with van der Waals surface area (Å²) in [5.74, 6) is 0.542. The first-order valence-electron chi connectivity index (χ1n) is 3.64. The van der Waals surface area contributed by atoms with Crippen LogP contribution in [0, 0.1) is 0 Å². The van der Waals surface area contributed by atoms with E-state index in [2.05, 4.69) is 33.1 Å². The summed E-state index contributed by atoms with van der Waals surface area (Å²) >= 11 is 4.27. The molecule has 0 aliphatic carbocycles. The molecule has 0 saturated carbocycles. The lowest BCUT2D eigenvalue weighted by molar-refractivity contribution is 0.630. The third-order valence-corrected chi connectivity index (χ3v) is 2.19. The van der Waals surface area contributed by atoms with Crippen LogP contribution in [0.1, 0.15) is 0 Å². The first-order valence-corrected chi connectivity index (χ1v) is 4.08. The van der Waals surface area contributed by atoms with E-state index in [4.69, 9.17) is 0 Å². The fourth-order valence-electron chi connectivity index (χ4n) is 0.981. The first kappa shape index (κ1) is 8.24. The highest BCUT2D eigenvalue weighted by Crippen LogP contribution is 2.20. The Morgan fingerprint density at radius 2 is 2.15 bits per heavy atom. The van der Waals surface area contributed by atoms with Crippen molar-refractivity contribution in [3.8, 4) is 11.4 Å². The highest BCUT2D eigenvalue weighted by atomic mass is 32.1. The van der Waals surface area contributed by atoms with E-state index in [0.29, 0.717) is 5.82 Å². The maximum atomic E-state index is 4.27. The van der Waals surface area contributed by atoms with Gasteiger partial charge in [0.15, 0.2) is 0 Å². The zero-order valence-electron chi connectivity index (χ0n) is 7.21. The molecule has 0 radical (unpaired) electrons. The Balaban J connectivity index is 2.52. The van der Waals surface area contributed by atoms with Crippen LogP contribution >= 0.6 is 12.6 Å². The molecule has 0 N–H and O–H groups in total. The molecule has 0 fully saturated rings. The van der Waals surface area contributed by atoms with E-state index in [9.17, 15) is 0 Å². The highest BCUT2D eigenvalue weighted by molar-refractivity contribution is 7.80. The summed E-state index contributed by atoms with van der Waals surface area (Å²) in [4.78, 5) is 1.40. The van der Waals surface area contributed by atoms with Crippen LogP contribution in [-0.2, 0) is 14.1 Å². The Morgan fingerprint density at radius 1 is 1.38 bits per heavy atom. The van der Waals surface area contributed by atoms with Crippen molar-refractivity contribution in [2.24, 2.45) is 14.1 Å². The van der Waals surface area contributed by atoms with Gasteiger partial charge in [0.1, 0.15) is 5.03 Å². The minimum absolute atomic E-state index is 0.542. The average Bonchev–Trinajstić information content (AvgIpc) is 2.62. The molecule has 2 heterocycles. The van der Waals surface area contributed by atoms with E-state index >= 15 is 0 Å². The largest absolute Gasteiger partial charge is 0.262 e. The fraction of sp³-hybridized carbons (Fsp3) is 0.333. The Labute approximate surface area is 80.0 Å². The molecule has 2 aromatic heterocycles. The lowest BCUT2D eigenvalue weighted by atomic mass is 10.3. The molecule has 0 saturated heterocycles. The summed E-state index contributed by atoms with van der Waals surface area (Å²) in [6, 6.07) is 0. The molecule has 0 unspecified atom stereocenters. The summed E-state index contributed by atoms with van der Waals surface area (Å²) in [5, 5.41) is 16.4. The Hall–Kier alpha value is -1.37. The van der Waals surface area contributed by atoms with Crippen LogP contribution in [0.25, 0.3) is 11.4 Å². The van der Waals surface area contributed by atoms with Gasteiger partial charge in [0.25, 0.3) is 0 Å². The molecular weight excluding hydrogens is 188 g/mol. The van der Waals surface area contributed by atoms with E-state index in [0.717, 1.165) is 10.6 Å². The van der Waals surface area contributed by atoms with E-state index in [1.54, 1.807) is 17.9 Å². The first-order chi connectivity index (χ1) is 6.18. The summed E-state index contributed by atoms with van der Waals surface area (Å²) in [6.45, 7) is 0. The molecule has 13 heavy (non-hydrogen) atoms. The topological polar surface area (TPSA) is 61.4 Å². The Morgan fingerprint density at radius 3 is 2.62 bits per heavy atom. The third-order valence-electron chi connectivity index (χ3n) is 1.66. The molecule has 2 rings (SSSR count). The van der Waals surface area contributed by atoms with E-state index < -0.39 is 0 Å². The van der Waals surface area contributed by atoms with Crippen LogP contribution in [-0.4, -0.2) is 30.0 Å². The summed E-state index contributed by atoms with van der Waals surface area (Å²) < 4.78 is 1.65. The molecule has 0 atom stereocenters. The van der Waals surface area contributed by atoms with Gasteiger partial charge < -0.3 is 0 Å². The molecule has 0 spiro atoms. The normalized spacial score (nSPS) is 10.7. The lowest BCUT2D eigenvalue weighted by Gasteiger charge is -1.92. The molecule has 0 aliphatic rings. The number of hydrogen-bond acceptors (Lipinski definition) is 5. The molecule has 2 aromatic rings. The van der Waals surface area contributed by atoms with Crippen molar-refractivity contribution in [3.05, 3.63) is 6.20 Å². The van der Waals surface area contributed by atoms with Crippen LogP contribution in [0.2, 0.25) is 0 Å². The zero-order valence-corrected chi connectivity index (χ0v) is 8.10. The number of hydrogen-bond donors (Lipinski definition) is 1. The summed E-state index contributed by atoms with van der Waals surface area (Å²) in [5.41, 5.74) is 0.791. The van der Waals surface area contributed by atoms with Crippen molar-refractivity contribution in [1.29, 1.82) is 0 Å². The van der Waals surface area contributed by atoms with E-state index in [1.165, 1.54) is 4.80 Å². The van der Waals surface area contributed by atoms with Crippen LogP contribution in [0.4, 0.5) is 0 Å². The molecule has 0 aliphatic heterocycles. The van der Waals surface area contributed by atoms with Crippen molar-refractivity contribution < 1.29 is 0 Å². The smallest absolute Gasteiger partial charge is 0.209 e. The molecule has 0 aromatic carbocycles. The number of aryl methyl sites for hydroxylation is 2. The number of nitrogens with zero attached hydrogens (tertiary/aromatic N) is 6. The highest BCUT2D eigenvalue weighted by Gasteiger charge is 2.11. The van der Waals surface area contributed by atoms with Gasteiger partial charge in [-0.05, 0) is 5.21 Å². The molecule has 0 amide bonds. The maximum Gasteiger partial charge on any atom is 0.209 e. The molecule has 7 heteroatoms. The van der Waals surface area contributed by atoms with Gasteiger partial charge >= 0.3 is 0 Å². The van der Waals surface area contributed by atoms with Crippen LogP contribution in [0.3, 0.4) is 0 Å². The van der Waals surface area contributed by atoms with Crippen molar-refractivity contribution in [2.75, 3.05) is 0 Å². The predicted molar refractivity (Wildman–Crippen MR) is 48.3 cm³/mol. The second kappa shape index (κ2) is 2.84. The van der Waals surface area contributed by atoms with Crippen molar-refractivity contribution in [1.82, 2.24) is 30.0 Å². The Bertz CT molecular complexity index is 430. The maximum absolute atomic E-state index is 4.27. The molecule has 6 nitrogen and oxygen atoms in total. The Kier molecular flexibility index (Phi) is 1.80. The third kappa shape index (κ3) is 1.31. The standard InChI is InChI=1S/C6H8N6S/c1-11-6(13)4(3-7-11)5-8-10-12(2)9-5/h3,13H,1-2H3. The fourth-order valence-corrected chi connectivity index (χ4v) is 1.19. The van der Waals surface area contributed by atoms with Gasteiger partial charge in [-0.2, -0.15) is 9.90 Å². The predicted octanol–water partition coefficient (Wildman–Crippen LogP) is -0.101. The van der Waals surface area contributed by atoms with Crippen LogP contribution in [0.15, 0.2) is 11.2 Å². The van der Waals surface area contributed by atoms with Crippen LogP contribution in [0.5, 0.6) is 0 Å². The van der Waals surface area contributed by atoms with Gasteiger partial charge in [-0.25, -0.2) is 0 Å².